The number of carbonyl (C=O) groups excluding carboxylic acids is 4. The topological polar surface area (TPSA) is 136 Å². The van der Waals surface area contributed by atoms with Gasteiger partial charge in [0.25, 0.3) is 0 Å². The number of alkyl halides is 3. The van der Waals surface area contributed by atoms with Crippen LogP contribution in [-0.2, 0) is 36.5 Å². The van der Waals surface area contributed by atoms with E-state index in [0.29, 0.717) is 48.8 Å². The molecule has 1 saturated heterocycles. The number of benzene rings is 1. The molecular formula is C38H47F3N4O7. The van der Waals surface area contributed by atoms with Gasteiger partial charge in [-0.3, -0.25) is 9.59 Å². The predicted molar refractivity (Wildman–Crippen MR) is 184 cm³/mol. The van der Waals surface area contributed by atoms with E-state index in [0.717, 1.165) is 25.3 Å². The number of nitrogens with one attached hydrogen (secondary N) is 2. The van der Waals surface area contributed by atoms with Gasteiger partial charge < -0.3 is 29.7 Å². The van der Waals surface area contributed by atoms with Crippen molar-refractivity contribution in [3.63, 3.8) is 0 Å². The summed E-state index contributed by atoms with van der Waals surface area (Å²) in [5.41, 5.74) is -3.35. The van der Waals surface area contributed by atoms with Crippen LogP contribution >= 0.6 is 0 Å². The minimum Gasteiger partial charge on any atom is -0.483 e. The average Bonchev–Trinajstić information content (AvgIpc) is 3.63. The molecule has 2 N–H and O–H groups in total. The molecule has 52 heavy (non-hydrogen) atoms. The third-order valence-corrected chi connectivity index (χ3v) is 10.4. The Hall–Kier alpha value is -4.36. The van der Waals surface area contributed by atoms with Crippen LogP contribution in [0.1, 0.15) is 95.9 Å². The molecule has 6 rings (SSSR count). The second-order valence-corrected chi connectivity index (χ2v) is 15.4. The van der Waals surface area contributed by atoms with Gasteiger partial charge in [0.15, 0.2) is 0 Å². The average molecular weight is 729 g/mol. The third-order valence-electron chi connectivity index (χ3n) is 10.4. The van der Waals surface area contributed by atoms with Crippen LogP contribution in [0.5, 0.6) is 5.75 Å². The highest BCUT2D eigenvalue weighted by molar-refractivity contribution is 5.97. The molecule has 1 aromatic carbocycles. The van der Waals surface area contributed by atoms with E-state index in [9.17, 15) is 32.3 Å². The number of alkyl carbamates (subject to hydrolysis) is 1. The SMILES string of the molecule is CCOC(=O)C12CC1/C=C\CCCCCC(NC(=O)OC(C)(C)C)C(=O)N1C[C@@]3(CCc4c(c(C)nc5c(C(F)(F)F)cccc45)O3)C[C@H]1C(=O)N2. The Balaban J connectivity index is 1.37. The summed E-state index contributed by atoms with van der Waals surface area (Å²) >= 11 is 0. The Morgan fingerprint density at radius 3 is 2.62 bits per heavy atom. The van der Waals surface area contributed by atoms with E-state index in [4.69, 9.17) is 14.2 Å². The molecule has 4 aliphatic rings. The Morgan fingerprint density at radius 1 is 1.13 bits per heavy atom. The summed E-state index contributed by atoms with van der Waals surface area (Å²) in [6.07, 6.45) is 2.84. The lowest BCUT2D eigenvalue weighted by molar-refractivity contribution is -0.150. The standard InChI is InChI=1S/C38H47F3N4O7/c1-6-50-33(48)37-19-23(37)13-10-8-7-9-11-16-27(43-34(49)52-35(3,4)5)32(47)45-21-36(20-28(45)31(46)44-37)18-17-25-24-14-12-15-26(38(39,40)41)29(24)42-22(2)30(25)51-36/h10,12-15,23,27-28H,6-9,11,16-21H2,1-5H3,(H,43,49)(H,44,46)/b13-10-/t23?,27?,28-,36+,37?/m0/s1. The van der Waals surface area contributed by atoms with Crippen molar-refractivity contribution in [3.05, 3.63) is 47.2 Å². The maximum Gasteiger partial charge on any atom is 0.418 e. The van der Waals surface area contributed by atoms with Crippen LogP contribution in [-0.4, -0.2) is 75.7 Å². The fourth-order valence-electron chi connectivity index (χ4n) is 7.84. The summed E-state index contributed by atoms with van der Waals surface area (Å²) in [7, 11) is 0. The van der Waals surface area contributed by atoms with Gasteiger partial charge in [0.2, 0.25) is 11.8 Å². The Labute approximate surface area is 301 Å². The lowest BCUT2D eigenvalue weighted by Gasteiger charge is -2.37. The molecule has 4 heterocycles. The lowest BCUT2D eigenvalue weighted by atomic mass is 9.86. The molecule has 1 aliphatic carbocycles. The number of fused-ring (bicyclic) bond motifs is 5. The van der Waals surface area contributed by atoms with E-state index in [1.54, 1.807) is 40.7 Å². The number of amides is 3. The first-order valence-electron chi connectivity index (χ1n) is 18.1. The third kappa shape index (κ3) is 7.43. The van der Waals surface area contributed by atoms with Gasteiger partial charge in [-0.2, -0.15) is 13.2 Å². The zero-order chi connectivity index (χ0) is 37.6. The van der Waals surface area contributed by atoms with Gasteiger partial charge in [-0.05, 0) is 79.2 Å². The van der Waals surface area contributed by atoms with Gasteiger partial charge in [0.05, 0.1) is 29.9 Å². The summed E-state index contributed by atoms with van der Waals surface area (Å²) in [4.78, 5) is 61.0. The fraction of sp³-hybridized carbons (Fsp3) is 0.605. The van der Waals surface area contributed by atoms with Gasteiger partial charge in [-0.25, -0.2) is 14.6 Å². The van der Waals surface area contributed by atoms with Gasteiger partial charge in [0, 0.05) is 23.3 Å². The van der Waals surface area contributed by atoms with Crippen LogP contribution in [0.4, 0.5) is 18.0 Å². The van der Waals surface area contributed by atoms with Crippen LogP contribution in [0.2, 0.25) is 0 Å². The number of carbonyl (C=O) groups is 4. The van der Waals surface area contributed by atoms with Crippen LogP contribution in [0.15, 0.2) is 30.4 Å². The Bertz CT molecular complexity index is 1790. The normalized spacial score (nSPS) is 28.7. The van der Waals surface area contributed by atoms with Crippen molar-refractivity contribution in [1.29, 1.82) is 0 Å². The molecular weight excluding hydrogens is 681 g/mol. The molecule has 5 atom stereocenters. The fourth-order valence-corrected chi connectivity index (χ4v) is 7.84. The number of aromatic nitrogens is 1. The molecule has 2 aromatic rings. The number of hydrogen-bond acceptors (Lipinski definition) is 8. The smallest absolute Gasteiger partial charge is 0.418 e. The monoisotopic (exact) mass is 728 g/mol. The maximum absolute atomic E-state index is 14.6. The maximum atomic E-state index is 14.6. The molecule has 1 saturated carbocycles. The predicted octanol–water partition coefficient (Wildman–Crippen LogP) is 6.08. The molecule has 11 nitrogen and oxygen atoms in total. The number of para-hydroxylation sites is 1. The summed E-state index contributed by atoms with van der Waals surface area (Å²) < 4.78 is 59.4. The van der Waals surface area contributed by atoms with Gasteiger partial charge in [-0.1, -0.05) is 37.1 Å². The van der Waals surface area contributed by atoms with Crippen LogP contribution in [0, 0.1) is 12.8 Å². The van der Waals surface area contributed by atoms with Crippen molar-refractivity contribution in [2.24, 2.45) is 5.92 Å². The molecule has 282 valence electrons. The molecule has 1 aromatic heterocycles. The quantitative estimate of drug-likeness (QED) is 0.287. The largest absolute Gasteiger partial charge is 0.483 e. The zero-order valence-electron chi connectivity index (χ0n) is 30.3. The number of aryl methyl sites for hydroxylation is 2. The summed E-state index contributed by atoms with van der Waals surface area (Å²) in [6, 6.07) is 1.83. The summed E-state index contributed by atoms with van der Waals surface area (Å²) in [6.45, 7) is 8.52. The molecule has 3 unspecified atom stereocenters. The molecule has 0 radical (unpaired) electrons. The first kappa shape index (κ1) is 37.4. The number of rotatable bonds is 3. The molecule has 3 aliphatic heterocycles. The highest BCUT2D eigenvalue weighted by Gasteiger charge is 2.63. The highest BCUT2D eigenvalue weighted by Crippen LogP contribution is 2.48. The van der Waals surface area contributed by atoms with Gasteiger partial charge >= 0.3 is 18.2 Å². The molecule has 2 fully saturated rings. The molecule has 3 amide bonds. The minimum atomic E-state index is -4.60. The van der Waals surface area contributed by atoms with E-state index in [1.807, 2.05) is 12.2 Å². The number of halogens is 3. The number of esters is 1. The zero-order valence-corrected chi connectivity index (χ0v) is 30.3. The van der Waals surface area contributed by atoms with Crippen LogP contribution in [0.3, 0.4) is 0 Å². The molecule has 0 bridgehead atoms. The summed E-state index contributed by atoms with van der Waals surface area (Å²) in [5.74, 6) is -1.55. The van der Waals surface area contributed by atoms with Crippen molar-refractivity contribution >= 4 is 34.8 Å². The van der Waals surface area contributed by atoms with E-state index >= 15 is 0 Å². The van der Waals surface area contributed by atoms with Crippen LogP contribution in [0.25, 0.3) is 10.9 Å². The van der Waals surface area contributed by atoms with Crippen molar-refractivity contribution in [2.45, 2.75) is 127 Å². The number of ether oxygens (including phenoxy) is 3. The van der Waals surface area contributed by atoms with E-state index < -0.39 is 64.4 Å². The van der Waals surface area contributed by atoms with E-state index in [2.05, 4.69) is 15.6 Å². The van der Waals surface area contributed by atoms with Crippen LogP contribution < -0.4 is 15.4 Å². The number of hydrogen-bond donors (Lipinski definition) is 2. The van der Waals surface area contributed by atoms with Gasteiger partial charge in [-0.15, -0.1) is 0 Å². The highest BCUT2D eigenvalue weighted by atomic mass is 19.4. The Morgan fingerprint density at radius 2 is 1.90 bits per heavy atom. The second kappa shape index (κ2) is 13.9. The molecule has 1 spiro atoms. The first-order chi connectivity index (χ1) is 24.5. The van der Waals surface area contributed by atoms with Crippen molar-refractivity contribution in [3.8, 4) is 5.75 Å². The van der Waals surface area contributed by atoms with Crippen molar-refractivity contribution in [1.82, 2.24) is 20.5 Å². The second-order valence-electron chi connectivity index (χ2n) is 15.4. The number of allylic oxidation sites excluding steroid dienone is 1. The summed E-state index contributed by atoms with van der Waals surface area (Å²) in [5, 5.41) is 6.03. The minimum absolute atomic E-state index is 0.0360. The van der Waals surface area contributed by atoms with Crippen molar-refractivity contribution in [2.75, 3.05) is 13.2 Å². The number of pyridine rings is 1. The first-order valence-corrected chi connectivity index (χ1v) is 18.1. The van der Waals surface area contributed by atoms with E-state index in [-0.39, 0.29) is 36.7 Å². The lowest BCUT2D eigenvalue weighted by Crippen LogP contribution is -2.57. The molecule has 14 heteroatoms. The van der Waals surface area contributed by atoms with E-state index in [1.165, 1.54) is 11.0 Å². The Kier molecular flexibility index (Phi) is 9.99. The van der Waals surface area contributed by atoms with Gasteiger partial charge in [0.1, 0.15) is 34.6 Å². The number of nitrogens with zero attached hydrogens (tertiary/aromatic N) is 2. The van der Waals surface area contributed by atoms with Crippen molar-refractivity contribution < 1.29 is 46.6 Å².